The van der Waals surface area contributed by atoms with E-state index in [0.717, 1.165) is 42.4 Å². The number of fused-ring (bicyclic) bond motifs is 5. The van der Waals surface area contributed by atoms with Crippen LogP contribution in [0.4, 0.5) is 4.39 Å². The van der Waals surface area contributed by atoms with Crippen molar-refractivity contribution in [3.8, 4) is 0 Å². The summed E-state index contributed by atoms with van der Waals surface area (Å²) >= 11 is 2.57. The lowest BCUT2D eigenvalue weighted by Gasteiger charge is -2.63. The second-order valence-electron chi connectivity index (χ2n) is 13.3. The number of rotatable bonds is 6. The molecule has 0 amide bonds. The van der Waals surface area contributed by atoms with Crippen LogP contribution in [0, 0.1) is 52.3 Å². The predicted molar refractivity (Wildman–Crippen MR) is 142 cm³/mol. The summed E-state index contributed by atoms with van der Waals surface area (Å²) < 4.78 is 21.6. The van der Waals surface area contributed by atoms with Crippen LogP contribution in [0.1, 0.15) is 106 Å². The van der Waals surface area contributed by atoms with Crippen LogP contribution in [0.15, 0.2) is 0 Å². The van der Waals surface area contributed by atoms with Crippen molar-refractivity contribution < 1.29 is 13.9 Å². The zero-order valence-electron chi connectivity index (χ0n) is 21.9. The summed E-state index contributed by atoms with van der Waals surface area (Å²) in [5.74, 6) is 4.39. The predicted octanol–water partition coefficient (Wildman–Crippen LogP) is 8.40. The Labute approximate surface area is 216 Å². The van der Waals surface area contributed by atoms with Gasteiger partial charge in [0.25, 0.3) is 0 Å². The maximum absolute atomic E-state index is 15.8. The second kappa shape index (κ2) is 9.88. The minimum atomic E-state index is -1.01. The van der Waals surface area contributed by atoms with E-state index in [-0.39, 0.29) is 17.3 Å². The van der Waals surface area contributed by atoms with Crippen LogP contribution in [-0.4, -0.2) is 22.2 Å². The van der Waals surface area contributed by atoms with Gasteiger partial charge in [-0.15, -0.1) is 0 Å². The second-order valence-corrected chi connectivity index (χ2v) is 14.9. The van der Waals surface area contributed by atoms with E-state index in [1.165, 1.54) is 51.9 Å². The van der Waals surface area contributed by atoms with E-state index in [1.54, 1.807) is 0 Å². The van der Waals surface area contributed by atoms with Gasteiger partial charge in [0, 0.05) is 16.8 Å². The Hall–Kier alpha value is 0.130. The Morgan fingerprint density at radius 3 is 2.36 bits per heavy atom. The number of esters is 1. The number of carbonyl (C=O) groups excluding carboxylic acids is 1. The molecule has 190 valence electrons. The minimum absolute atomic E-state index is 0.0222. The average Bonchev–Trinajstić information content (AvgIpc) is 3.07. The van der Waals surface area contributed by atoms with Gasteiger partial charge in [0.05, 0.1) is 0 Å². The lowest BCUT2D eigenvalue weighted by Crippen LogP contribution is -2.61. The van der Waals surface area contributed by atoms with Crippen LogP contribution in [0.3, 0.4) is 0 Å². The zero-order chi connectivity index (χ0) is 24.1. The summed E-state index contributed by atoms with van der Waals surface area (Å²) in [6.07, 6.45) is 10.8. The van der Waals surface area contributed by atoms with E-state index in [2.05, 4.69) is 57.2 Å². The van der Waals surface area contributed by atoms with E-state index in [9.17, 15) is 4.79 Å². The molecule has 4 saturated carbocycles. The molecule has 0 spiro atoms. The van der Waals surface area contributed by atoms with Crippen molar-refractivity contribution in [1.29, 1.82) is 0 Å². The molecule has 0 radical (unpaired) electrons. The molecule has 4 heteroatoms. The van der Waals surface area contributed by atoms with Crippen molar-refractivity contribution in [2.24, 2.45) is 52.3 Å². The molecule has 11 atom stereocenters. The monoisotopic (exact) mass is 574 g/mol. The molecule has 0 bridgehead atoms. The maximum Gasteiger partial charge on any atom is 0.303 e. The summed E-state index contributed by atoms with van der Waals surface area (Å²) in [6, 6.07) is 0. The highest BCUT2D eigenvalue weighted by molar-refractivity contribution is 14.1. The first-order chi connectivity index (χ1) is 15.5. The first-order valence-electron chi connectivity index (χ1n) is 13.9. The molecule has 0 aromatic carbocycles. The fourth-order valence-electron chi connectivity index (χ4n) is 9.62. The normalized spacial score (nSPS) is 48.0. The molecule has 0 aromatic heterocycles. The third-order valence-electron chi connectivity index (χ3n) is 11.1. The van der Waals surface area contributed by atoms with Gasteiger partial charge < -0.3 is 4.74 Å². The topological polar surface area (TPSA) is 26.3 Å². The van der Waals surface area contributed by atoms with Crippen molar-refractivity contribution in [3.05, 3.63) is 0 Å². The van der Waals surface area contributed by atoms with Crippen LogP contribution in [-0.2, 0) is 9.53 Å². The molecule has 0 saturated heterocycles. The van der Waals surface area contributed by atoms with Crippen molar-refractivity contribution in [3.63, 3.8) is 0 Å². The summed E-state index contributed by atoms with van der Waals surface area (Å²) in [6.45, 7) is 13.7. The highest BCUT2D eigenvalue weighted by atomic mass is 127. The third-order valence-corrected chi connectivity index (χ3v) is 12.4. The van der Waals surface area contributed by atoms with Gasteiger partial charge in [0.1, 0.15) is 12.3 Å². The molecule has 2 nitrogen and oxygen atoms in total. The molecule has 33 heavy (non-hydrogen) atoms. The van der Waals surface area contributed by atoms with E-state index < -0.39 is 12.3 Å². The molecule has 4 rings (SSSR count). The van der Waals surface area contributed by atoms with Gasteiger partial charge in [-0.25, -0.2) is 4.39 Å². The molecule has 4 aliphatic rings. The summed E-state index contributed by atoms with van der Waals surface area (Å²) in [7, 11) is 0. The summed E-state index contributed by atoms with van der Waals surface area (Å²) in [5, 5.41) is 0. The molecule has 0 heterocycles. The van der Waals surface area contributed by atoms with E-state index in [4.69, 9.17) is 4.74 Å². The molecule has 2 unspecified atom stereocenters. The highest BCUT2D eigenvalue weighted by Crippen LogP contribution is 2.69. The SMILES string of the molecule is CC(=O)O[C@H]1CC[C@@]2(C)C([C@H](I)C[C@H]3[C@@H]4CC[C@H](C(C)CCCC(C)C)[C@@]4(C)CC[C@@H]32)[C@@H]1F. The lowest BCUT2D eigenvalue weighted by molar-refractivity contribution is -0.175. The van der Waals surface area contributed by atoms with Crippen molar-refractivity contribution in [1.82, 2.24) is 0 Å². The van der Waals surface area contributed by atoms with Gasteiger partial charge in [0.15, 0.2) is 0 Å². The number of ether oxygens (including phenoxy) is 1. The number of hydrogen-bond acceptors (Lipinski definition) is 2. The van der Waals surface area contributed by atoms with Crippen LogP contribution in [0.2, 0.25) is 0 Å². The van der Waals surface area contributed by atoms with Gasteiger partial charge >= 0.3 is 5.97 Å². The molecular formula is C29H48FIO2. The molecule has 0 N–H and O–H groups in total. The zero-order valence-corrected chi connectivity index (χ0v) is 24.1. The van der Waals surface area contributed by atoms with Crippen molar-refractivity contribution in [2.45, 2.75) is 122 Å². The Bertz CT molecular complexity index is 712. The van der Waals surface area contributed by atoms with Gasteiger partial charge in [-0.2, -0.15) is 0 Å². The minimum Gasteiger partial charge on any atom is -0.459 e. The van der Waals surface area contributed by atoms with Crippen LogP contribution in [0.25, 0.3) is 0 Å². The molecular weight excluding hydrogens is 526 g/mol. The first kappa shape index (κ1) is 26.2. The molecule has 0 aromatic rings. The van der Waals surface area contributed by atoms with Crippen LogP contribution < -0.4 is 0 Å². The van der Waals surface area contributed by atoms with E-state index in [1.807, 2.05) is 0 Å². The van der Waals surface area contributed by atoms with E-state index >= 15 is 4.39 Å². The van der Waals surface area contributed by atoms with Crippen molar-refractivity contribution >= 4 is 28.6 Å². The smallest absolute Gasteiger partial charge is 0.303 e. The average molecular weight is 575 g/mol. The molecule has 0 aliphatic heterocycles. The quantitative estimate of drug-likeness (QED) is 0.181. The van der Waals surface area contributed by atoms with E-state index in [0.29, 0.717) is 21.7 Å². The maximum atomic E-state index is 15.8. The number of alkyl halides is 2. The fourth-order valence-corrected chi connectivity index (χ4v) is 11.4. The summed E-state index contributed by atoms with van der Waals surface area (Å²) in [4.78, 5) is 11.6. The largest absolute Gasteiger partial charge is 0.459 e. The number of halogens is 2. The Balaban J connectivity index is 1.50. The third kappa shape index (κ3) is 4.66. The van der Waals surface area contributed by atoms with Gasteiger partial charge in [-0.3, -0.25) is 4.79 Å². The molecule has 4 aliphatic carbocycles. The lowest BCUT2D eigenvalue weighted by atomic mass is 9.44. The van der Waals surface area contributed by atoms with Crippen LogP contribution >= 0.6 is 22.6 Å². The standard InChI is InChI=1S/C29H48FIO2/c1-17(2)8-7-9-18(3)21-10-11-22-20-16-24(31)26-27(30)25(33-19(4)32)13-15-29(26,6)23(20)12-14-28(21,22)5/h17-18,20-27H,7-16H2,1-6H3/t18?,20-,21+,22-,23-,24+,25-,26?,27+,28+,29+/m0/s1. The Kier molecular flexibility index (Phi) is 7.85. The number of carbonyl (C=O) groups is 1. The Morgan fingerprint density at radius 1 is 1.03 bits per heavy atom. The van der Waals surface area contributed by atoms with Crippen molar-refractivity contribution in [2.75, 3.05) is 0 Å². The van der Waals surface area contributed by atoms with Gasteiger partial charge in [-0.05, 0) is 91.3 Å². The summed E-state index contributed by atoms with van der Waals surface area (Å²) in [5.41, 5.74) is 0.523. The highest BCUT2D eigenvalue weighted by Gasteiger charge is 2.64. The number of hydrogen-bond donors (Lipinski definition) is 0. The molecule has 4 fully saturated rings. The first-order valence-corrected chi connectivity index (χ1v) is 15.2. The Morgan fingerprint density at radius 2 is 1.70 bits per heavy atom. The van der Waals surface area contributed by atoms with Gasteiger partial charge in [0.2, 0.25) is 0 Å². The fraction of sp³-hybridized carbons (Fsp3) is 0.966. The van der Waals surface area contributed by atoms with Gasteiger partial charge in [-0.1, -0.05) is 76.5 Å². The van der Waals surface area contributed by atoms with Crippen LogP contribution in [0.5, 0.6) is 0 Å².